The minimum absolute atomic E-state index is 0.0923. The van der Waals surface area contributed by atoms with Gasteiger partial charge in [0.25, 0.3) is 0 Å². The van der Waals surface area contributed by atoms with Crippen LogP contribution in [-0.4, -0.2) is 54.1 Å². The van der Waals surface area contributed by atoms with Gasteiger partial charge in [0.2, 0.25) is 5.91 Å². The van der Waals surface area contributed by atoms with Crippen LogP contribution in [-0.2, 0) is 16.0 Å². The second-order valence-electron chi connectivity index (χ2n) is 5.13. The third-order valence-corrected chi connectivity index (χ3v) is 3.60. The fourth-order valence-electron chi connectivity index (χ4n) is 2.43. The summed E-state index contributed by atoms with van der Waals surface area (Å²) in [6, 6.07) is 7.03. The summed E-state index contributed by atoms with van der Waals surface area (Å²) >= 11 is 0. The molecule has 1 atom stereocenters. The Morgan fingerprint density at radius 3 is 3.00 bits per heavy atom. The first kappa shape index (κ1) is 15.5. The zero-order valence-electron chi connectivity index (χ0n) is 12.1. The number of nitrogens with one attached hydrogen (secondary N) is 2. The number of carbonyl (C=O) groups is 2. The van der Waals surface area contributed by atoms with Crippen molar-refractivity contribution in [2.45, 2.75) is 19.4 Å². The molecule has 1 saturated heterocycles. The van der Waals surface area contributed by atoms with Crippen molar-refractivity contribution in [3.05, 3.63) is 29.8 Å². The highest BCUT2D eigenvalue weighted by atomic mass is 16.4. The van der Waals surface area contributed by atoms with E-state index < -0.39 is 12.0 Å². The van der Waals surface area contributed by atoms with E-state index in [9.17, 15) is 9.59 Å². The Balaban J connectivity index is 1.95. The van der Waals surface area contributed by atoms with Crippen molar-refractivity contribution in [1.82, 2.24) is 10.2 Å². The lowest BCUT2D eigenvalue weighted by molar-refractivity contribution is -0.144. The molecule has 3 N–H and O–H groups in total. The SMILES string of the molecule is CCc1cccc(NC(=O)CN2CCNCC2C(=O)O)c1. The normalized spacial score (nSPS) is 19.2. The third kappa shape index (κ3) is 4.27. The molecule has 1 unspecified atom stereocenters. The number of hydrogen-bond acceptors (Lipinski definition) is 4. The highest BCUT2D eigenvalue weighted by Crippen LogP contribution is 2.11. The van der Waals surface area contributed by atoms with Crippen molar-refractivity contribution in [2.75, 3.05) is 31.5 Å². The Labute approximate surface area is 124 Å². The molecule has 0 bridgehead atoms. The Kier molecular flexibility index (Phi) is 5.30. The first-order valence-electron chi connectivity index (χ1n) is 7.16. The summed E-state index contributed by atoms with van der Waals surface area (Å²) in [7, 11) is 0. The van der Waals surface area contributed by atoms with Crippen LogP contribution in [0.15, 0.2) is 24.3 Å². The van der Waals surface area contributed by atoms with Gasteiger partial charge in [-0.25, -0.2) is 0 Å². The predicted molar refractivity (Wildman–Crippen MR) is 80.3 cm³/mol. The number of hydrogen-bond donors (Lipinski definition) is 3. The van der Waals surface area contributed by atoms with Crippen LogP contribution < -0.4 is 10.6 Å². The minimum Gasteiger partial charge on any atom is -0.480 e. The molecular weight excluding hydrogens is 270 g/mol. The summed E-state index contributed by atoms with van der Waals surface area (Å²) in [5, 5.41) is 15.0. The summed E-state index contributed by atoms with van der Waals surface area (Å²) in [5.41, 5.74) is 1.90. The number of aliphatic carboxylic acids is 1. The van der Waals surface area contributed by atoms with Crippen molar-refractivity contribution in [2.24, 2.45) is 0 Å². The van der Waals surface area contributed by atoms with Gasteiger partial charge in [0.15, 0.2) is 0 Å². The number of nitrogens with zero attached hydrogens (tertiary/aromatic N) is 1. The van der Waals surface area contributed by atoms with Gasteiger partial charge < -0.3 is 15.7 Å². The number of carboxylic acids is 1. The van der Waals surface area contributed by atoms with Gasteiger partial charge in [-0.2, -0.15) is 0 Å². The molecule has 0 radical (unpaired) electrons. The lowest BCUT2D eigenvalue weighted by atomic mass is 10.1. The molecule has 0 saturated carbocycles. The van der Waals surface area contributed by atoms with Gasteiger partial charge in [-0.1, -0.05) is 19.1 Å². The number of benzene rings is 1. The summed E-state index contributed by atoms with van der Waals surface area (Å²) in [5.74, 6) is -1.08. The van der Waals surface area contributed by atoms with E-state index in [2.05, 4.69) is 17.6 Å². The van der Waals surface area contributed by atoms with Gasteiger partial charge in [-0.15, -0.1) is 0 Å². The molecule has 0 spiro atoms. The van der Waals surface area contributed by atoms with Crippen LogP contribution in [0.3, 0.4) is 0 Å². The zero-order chi connectivity index (χ0) is 15.2. The number of aryl methyl sites for hydroxylation is 1. The van der Waals surface area contributed by atoms with Crippen LogP contribution in [0.2, 0.25) is 0 Å². The van der Waals surface area contributed by atoms with E-state index in [0.29, 0.717) is 19.6 Å². The first-order valence-corrected chi connectivity index (χ1v) is 7.16. The van der Waals surface area contributed by atoms with Crippen LogP contribution in [0.4, 0.5) is 5.69 Å². The quantitative estimate of drug-likeness (QED) is 0.738. The first-order chi connectivity index (χ1) is 10.1. The Bertz CT molecular complexity index is 519. The molecule has 21 heavy (non-hydrogen) atoms. The van der Waals surface area contributed by atoms with E-state index in [1.165, 1.54) is 0 Å². The van der Waals surface area contributed by atoms with Gasteiger partial charge >= 0.3 is 5.97 Å². The molecular formula is C15H21N3O3. The van der Waals surface area contributed by atoms with Crippen molar-refractivity contribution >= 4 is 17.6 Å². The molecule has 6 nitrogen and oxygen atoms in total. The van der Waals surface area contributed by atoms with E-state index in [4.69, 9.17) is 5.11 Å². The van der Waals surface area contributed by atoms with E-state index in [-0.39, 0.29) is 12.5 Å². The molecule has 2 rings (SSSR count). The van der Waals surface area contributed by atoms with Gasteiger partial charge in [0.05, 0.1) is 6.54 Å². The molecule has 1 heterocycles. The molecule has 1 aromatic carbocycles. The van der Waals surface area contributed by atoms with E-state index >= 15 is 0 Å². The van der Waals surface area contributed by atoms with E-state index in [0.717, 1.165) is 17.7 Å². The van der Waals surface area contributed by atoms with Crippen molar-refractivity contribution in [3.8, 4) is 0 Å². The van der Waals surface area contributed by atoms with E-state index in [1.807, 2.05) is 24.3 Å². The van der Waals surface area contributed by atoms with E-state index in [1.54, 1.807) is 4.90 Å². The second-order valence-corrected chi connectivity index (χ2v) is 5.13. The lowest BCUT2D eigenvalue weighted by Gasteiger charge is -2.32. The molecule has 1 fully saturated rings. The molecule has 0 aliphatic carbocycles. The number of rotatable bonds is 5. The van der Waals surface area contributed by atoms with Crippen molar-refractivity contribution < 1.29 is 14.7 Å². The summed E-state index contributed by atoms with van der Waals surface area (Å²) < 4.78 is 0. The average molecular weight is 291 g/mol. The molecule has 0 aromatic heterocycles. The fourth-order valence-corrected chi connectivity index (χ4v) is 2.43. The molecule has 114 valence electrons. The smallest absolute Gasteiger partial charge is 0.322 e. The number of anilines is 1. The number of carbonyl (C=O) groups excluding carboxylic acids is 1. The van der Waals surface area contributed by atoms with Crippen molar-refractivity contribution in [3.63, 3.8) is 0 Å². The molecule has 1 aromatic rings. The largest absolute Gasteiger partial charge is 0.480 e. The maximum absolute atomic E-state index is 12.1. The standard InChI is InChI=1S/C15H21N3O3/c1-2-11-4-3-5-12(8-11)17-14(19)10-18-7-6-16-9-13(18)15(20)21/h3-5,8,13,16H,2,6-7,9-10H2,1H3,(H,17,19)(H,20,21). The molecule has 1 amide bonds. The number of carboxylic acid groups (broad SMARTS) is 1. The van der Waals surface area contributed by atoms with Gasteiger partial charge in [0, 0.05) is 25.3 Å². The summed E-state index contributed by atoms with van der Waals surface area (Å²) in [6.45, 7) is 3.77. The maximum atomic E-state index is 12.1. The lowest BCUT2D eigenvalue weighted by Crippen LogP contribution is -2.56. The minimum atomic E-state index is -0.900. The summed E-state index contributed by atoms with van der Waals surface area (Å²) in [6.07, 6.45) is 0.905. The topological polar surface area (TPSA) is 81.7 Å². The molecule has 6 heteroatoms. The Morgan fingerprint density at radius 2 is 2.29 bits per heavy atom. The van der Waals surface area contributed by atoms with Crippen LogP contribution in [0, 0.1) is 0 Å². The van der Waals surface area contributed by atoms with Crippen LogP contribution >= 0.6 is 0 Å². The fraction of sp³-hybridized carbons (Fsp3) is 0.467. The van der Waals surface area contributed by atoms with Crippen molar-refractivity contribution in [1.29, 1.82) is 0 Å². The van der Waals surface area contributed by atoms with Gasteiger partial charge in [-0.05, 0) is 24.1 Å². The van der Waals surface area contributed by atoms with Gasteiger partial charge in [-0.3, -0.25) is 14.5 Å². The second kappa shape index (κ2) is 7.19. The molecule has 1 aliphatic heterocycles. The highest BCUT2D eigenvalue weighted by molar-refractivity contribution is 5.92. The monoisotopic (exact) mass is 291 g/mol. The maximum Gasteiger partial charge on any atom is 0.322 e. The Morgan fingerprint density at radius 1 is 1.48 bits per heavy atom. The third-order valence-electron chi connectivity index (χ3n) is 3.60. The van der Waals surface area contributed by atoms with Crippen LogP contribution in [0.5, 0.6) is 0 Å². The average Bonchev–Trinajstić information content (AvgIpc) is 2.47. The van der Waals surface area contributed by atoms with Gasteiger partial charge in [0.1, 0.15) is 6.04 Å². The summed E-state index contributed by atoms with van der Waals surface area (Å²) in [4.78, 5) is 24.9. The molecule has 1 aliphatic rings. The highest BCUT2D eigenvalue weighted by Gasteiger charge is 2.29. The van der Waals surface area contributed by atoms with Crippen LogP contribution in [0.25, 0.3) is 0 Å². The number of amides is 1. The zero-order valence-corrected chi connectivity index (χ0v) is 12.1. The Hall–Kier alpha value is -1.92. The van der Waals surface area contributed by atoms with Crippen LogP contribution in [0.1, 0.15) is 12.5 Å². The predicted octanol–water partition coefficient (Wildman–Crippen LogP) is 0.546. The number of piperazine rings is 1.